The predicted molar refractivity (Wildman–Crippen MR) is 58.8 cm³/mol. The van der Waals surface area contributed by atoms with Crippen molar-refractivity contribution in [2.75, 3.05) is 13.6 Å². The van der Waals surface area contributed by atoms with Crippen LogP contribution in [0.15, 0.2) is 18.2 Å². The van der Waals surface area contributed by atoms with Gasteiger partial charge in [0.1, 0.15) is 11.6 Å². The first kappa shape index (κ1) is 15.6. The fourth-order valence-electron chi connectivity index (χ4n) is 1.53. The van der Waals surface area contributed by atoms with Gasteiger partial charge in [0.05, 0.1) is 18.2 Å². The third-order valence-corrected chi connectivity index (χ3v) is 2.67. The lowest BCUT2D eigenvalue weighted by molar-refractivity contribution is -0.145. The van der Waals surface area contributed by atoms with Gasteiger partial charge in [-0.15, -0.1) is 0 Å². The molecule has 1 unspecified atom stereocenters. The van der Waals surface area contributed by atoms with Crippen LogP contribution in [-0.2, 0) is 0 Å². The maximum atomic E-state index is 13.4. The molecule has 0 aliphatic carbocycles. The van der Waals surface area contributed by atoms with Crippen LogP contribution in [0, 0.1) is 11.6 Å². The Morgan fingerprint density at radius 3 is 2.37 bits per heavy atom. The molecule has 106 valence electrons. The molecule has 1 rings (SSSR count). The number of rotatable bonds is 4. The van der Waals surface area contributed by atoms with Crippen molar-refractivity contribution >= 4 is 5.78 Å². The van der Waals surface area contributed by atoms with Gasteiger partial charge in [-0.3, -0.25) is 9.69 Å². The van der Waals surface area contributed by atoms with Crippen molar-refractivity contribution in [2.45, 2.75) is 19.1 Å². The molecule has 0 radical (unpaired) electrons. The zero-order valence-corrected chi connectivity index (χ0v) is 10.3. The molecule has 0 aromatic heterocycles. The molecule has 0 fully saturated rings. The summed E-state index contributed by atoms with van der Waals surface area (Å²) < 4.78 is 62.6. The Morgan fingerprint density at radius 2 is 1.89 bits per heavy atom. The minimum Gasteiger partial charge on any atom is -0.292 e. The molecule has 0 spiro atoms. The van der Waals surface area contributed by atoms with E-state index in [1.807, 2.05) is 0 Å². The van der Waals surface area contributed by atoms with Gasteiger partial charge in [0, 0.05) is 6.07 Å². The molecule has 2 nitrogen and oxygen atoms in total. The van der Waals surface area contributed by atoms with Crippen LogP contribution in [0.1, 0.15) is 17.3 Å². The first-order chi connectivity index (χ1) is 8.61. The zero-order chi connectivity index (χ0) is 14.8. The summed E-state index contributed by atoms with van der Waals surface area (Å²) in [5.41, 5.74) is -0.428. The number of carbonyl (C=O) groups is 1. The summed E-state index contributed by atoms with van der Waals surface area (Å²) in [6.07, 6.45) is -4.45. The standard InChI is InChI=1S/C12H12F5NO/c1-7(18(2)6-12(15,16)17)11(19)9-4-3-8(13)5-10(9)14/h3-5,7H,6H2,1-2H3. The van der Waals surface area contributed by atoms with E-state index in [-0.39, 0.29) is 0 Å². The van der Waals surface area contributed by atoms with Crippen molar-refractivity contribution in [3.8, 4) is 0 Å². The van der Waals surface area contributed by atoms with Crippen LogP contribution < -0.4 is 0 Å². The third kappa shape index (κ3) is 4.27. The van der Waals surface area contributed by atoms with Crippen molar-refractivity contribution in [3.05, 3.63) is 35.4 Å². The van der Waals surface area contributed by atoms with Crippen LogP contribution >= 0.6 is 0 Å². The van der Waals surface area contributed by atoms with Crippen LogP contribution in [0.5, 0.6) is 0 Å². The van der Waals surface area contributed by atoms with Gasteiger partial charge in [-0.05, 0) is 26.1 Å². The second kappa shape index (κ2) is 5.64. The number of likely N-dealkylation sites (N-methyl/N-ethyl adjacent to an activating group) is 1. The van der Waals surface area contributed by atoms with Crippen molar-refractivity contribution in [3.63, 3.8) is 0 Å². The third-order valence-electron chi connectivity index (χ3n) is 2.67. The Balaban J connectivity index is 2.87. The topological polar surface area (TPSA) is 20.3 Å². The summed E-state index contributed by atoms with van der Waals surface area (Å²) in [6.45, 7) is -0.0560. The number of hydrogen-bond donors (Lipinski definition) is 0. The van der Waals surface area contributed by atoms with E-state index in [1.165, 1.54) is 6.92 Å². The molecule has 0 heterocycles. The summed E-state index contributed by atoms with van der Waals surface area (Å²) in [4.78, 5) is 12.6. The van der Waals surface area contributed by atoms with E-state index in [0.717, 1.165) is 24.1 Å². The molecule has 0 N–H and O–H groups in total. The summed E-state index contributed by atoms with van der Waals surface area (Å²) in [6, 6.07) is 1.16. The van der Waals surface area contributed by atoms with Gasteiger partial charge >= 0.3 is 6.18 Å². The number of nitrogens with zero attached hydrogens (tertiary/aromatic N) is 1. The lowest BCUT2D eigenvalue weighted by Crippen LogP contribution is -2.41. The van der Waals surface area contributed by atoms with Gasteiger partial charge in [-0.25, -0.2) is 8.78 Å². The normalized spacial score (nSPS) is 13.7. The summed E-state index contributed by atoms with van der Waals surface area (Å²) >= 11 is 0. The Labute approximate surface area is 106 Å². The first-order valence-corrected chi connectivity index (χ1v) is 5.38. The van der Waals surface area contributed by atoms with Crippen molar-refractivity contribution < 1.29 is 26.7 Å². The highest BCUT2D eigenvalue weighted by Crippen LogP contribution is 2.19. The van der Waals surface area contributed by atoms with E-state index in [0.29, 0.717) is 6.07 Å². The largest absolute Gasteiger partial charge is 0.401 e. The second-order valence-corrected chi connectivity index (χ2v) is 4.19. The van der Waals surface area contributed by atoms with E-state index in [2.05, 4.69) is 0 Å². The number of Topliss-reactive ketones (excluding diaryl/α,β-unsaturated/α-hetero) is 1. The molecule has 1 aromatic carbocycles. The van der Waals surface area contributed by atoms with Gasteiger partial charge in [-0.2, -0.15) is 13.2 Å². The highest BCUT2D eigenvalue weighted by molar-refractivity contribution is 6.00. The SMILES string of the molecule is CC(C(=O)c1ccc(F)cc1F)N(C)CC(F)(F)F. The highest BCUT2D eigenvalue weighted by atomic mass is 19.4. The average Bonchev–Trinajstić information content (AvgIpc) is 2.24. The molecule has 1 atom stereocenters. The quantitative estimate of drug-likeness (QED) is 0.624. The lowest BCUT2D eigenvalue weighted by Gasteiger charge is -2.24. The van der Waals surface area contributed by atoms with Crippen LogP contribution in [-0.4, -0.2) is 36.5 Å². The summed E-state index contributed by atoms with van der Waals surface area (Å²) in [7, 11) is 1.11. The fraction of sp³-hybridized carbons (Fsp3) is 0.417. The number of benzene rings is 1. The van der Waals surface area contributed by atoms with Crippen LogP contribution in [0.2, 0.25) is 0 Å². The molecule has 1 aromatic rings. The monoisotopic (exact) mass is 281 g/mol. The molecule has 19 heavy (non-hydrogen) atoms. The van der Waals surface area contributed by atoms with Gasteiger partial charge in [0.25, 0.3) is 0 Å². The van der Waals surface area contributed by atoms with Gasteiger partial charge in [-0.1, -0.05) is 0 Å². The minimum atomic E-state index is -4.45. The smallest absolute Gasteiger partial charge is 0.292 e. The van der Waals surface area contributed by atoms with Crippen molar-refractivity contribution in [2.24, 2.45) is 0 Å². The van der Waals surface area contributed by atoms with Crippen molar-refractivity contribution in [1.82, 2.24) is 4.90 Å². The maximum absolute atomic E-state index is 13.4. The van der Waals surface area contributed by atoms with E-state index in [1.54, 1.807) is 0 Å². The van der Waals surface area contributed by atoms with Gasteiger partial charge in [0.2, 0.25) is 0 Å². The maximum Gasteiger partial charge on any atom is 0.401 e. The van der Waals surface area contributed by atoms with Gasteiger partial charge in [0.15, 0.2) is 5.78 Å². The van der Waals surface area contributed by atoms with Crippen LogP contribution in [0.3, 0.4) is 0 Å². The Hall–Kier alpha value is -1.50. The Bertz CT molecular complexity index is 472. The summed E-state index contributed by atoms with van der Waals surface area (Å²) in [5.74, 6) is -2.77. The molecular weight excluding hydrogens is 269 g/mol. The molecule has 0 aliphatic heterocycles. The van der Waals surface area contributed by atoms with E-state index in [9.17, 15) is 26.7 Å². The molecule has 0 saturated heterocycles. The zero-order valence-electron chi connectivity index (χ0n) is 10.3. The van der Waals surface area contributed by atoms with Crippen LogP contribution in [0.25, 0.3) is 0 Å². The molecule has 0 bridgehead atoms. The molecular formula is C12H12F5NO. The Morgan fingerprint density at radius 1 is 1.32 bits per heavy atom. The molecule has 0 saturated carbocycles. The fourth-order valence-corrected chi connectivity index (χ4v) is 1.53. The highest BCUT2D eigenvalue weighted by Gasteiger charge is 2.33. The van der Waals surface area contributed by atoms with Crippen molar-refractivity contribution in [1.29, 1.82) is 0 Å². The second-order valence-electron chi connectivity index (χ2n) is 4.19. The Kier molecular flexibility index (Phi) is 4.62. The summed E-state index contributed by atoms with van der Waals surface area (Å²) in [5, 5.41) is 0. The number of hydrogen-bond acceptors (Lipinski definition) is 2. The number of halogens is 5. The van der Waals surface area contributed by atoms with E-state index >= 15 is 0 Å². The molecule has 7 heteroatoms. The molecule has 0 aliphatic rings. The number of carbonyl (C=O) groups excluding carboxylic acids is 1. The van der Waals surface area contributed by atoms with E-state index < -0.39 is 41.7 Å². The van der Waals surface area contributed by atoms with Gasteiger partial charge < -0.3 is 0 Å². The number of ketones is 1. The van der Waals surface area contributed by atoms with E-state index in [4.69, 9.17) is 0 Å². The van der Waals surface area contributed by atoms with Crippen LogP contribution in [0.4, 0.5) is 22.0 Å². The minimum absolute atomic E-state index is 0.428. The predicted octanol–water partition coefficient (Wildman–Crippen LogP) is 3.03. The first-order valence-electron chi connectivity index (χ1n) is 5.38. The lowest BCUT2D eigenvalue weighted by atomic mass is 10.0. The average molecular weight is 281 g/mol. The molecule has 0 amide bonds. The number of alkyl halides is 3.